The van der Waals surface area contributed by atoms with Crippen molar-refractivity contribution in [3.05, 3.63) is 70.3 Å². The normalized spacial score (nSPS) is 10.5. The van der Waals surface area contributed by atoms with E-state index in [2.05, 4.69) is 15.3 Å². The molecule has 0 bridgehead atoms. The molecular formula is C19H14N4O2S. The summed E-state index contributed by atoms with van der Waals surface area (Å²) in [5.41, 5.74) is 4.31. The molecule has 26 heavy (non-hydrogen) atoms. The van der Waals surface area contributed by atoms with Gasteiger partial charge in [-0.1, -0.05) is 0 Å². The highest BCUT2D eigenvalue weighted by Crippen LogP contribution is 2.26. The number of thiazole rings is 1. The lowest BCUT2D eigenvalue weighted by molar-refractivity contribution is -0.111. The first-order valence-electron chi connectivity index (χ1n) is 7.66. The van der Waals surface area contributed by atoms with E-state index < -0.39 is 0 Å². The maximum atomic E-state index is 12.0. The van der Waals surface area contributed by atoms with Crippen molar-refractivity contribution < 1.29 is 9.53 Å². The minimum atomic E-state index is -0.244. The second-order valence-electron chi connectivity index (χ2n) is 5.28. The fourth-order valence-corrected chi connectivity index (χ4v) is 2.67. The van der Waals surface area contributed by atoms with Gasteiger partial charge in [0.25, 0.3) is 0 Å². The molecule has 0 aliphatic carbocycles. The van der Waals surface area contributed by atoms with Gasteiger partial charge in [0, 0.05) is 23.3 Å². The first-order chi connectivity index (χ1) is 12.7. The highest BCUT2D eigenvalue weighted by molar-refractivity contribution is 7.07. The number of ether oxygens (including phenoxy) is 1. The topological polar surface area (TPSA) is 87.9 Å². The van der Waals surface area contributed by atoms with Crippen molar-refractivity contribution in [3.8, 4) is 17.7 Å². The van der Waals surface area contributed by atoms with Gasteiger partial charge in [-0.05, 0) is 48.9 Å². The van der Waals surface area contributed by atoms with Gasteiger partial charge in [0.1, 0.15) is 17.4 Å². The minimum absolute atomic E-state index is 0.244. The Bertz CT molecular complexity index is 991. The van der Waals surface area contributed by atoms with Crippen LogP contribution in [-0.4, -0.2) is 15.9 Å². The van der Waals surface area contributed by atoms with E-state index in [1.807, 2.05) is 18.4 Å². The summed E-state index contributed by atoms with van der Waals surface area (Å²) in [6.07, 6.45) is 4.65. The largest absolute Gasteiger partial charge is 0.438 e. The van der Waals surface area contributed by atoms with Crippen LogP contribution >= 0.6 is 11.3 Å². The van der Waals surface area contributed by atoms with Gasteiger partial charge in [-0.25, -0.2) is 9.97 Å². The van der Waals surface area contributed by atoms with E-state index >= 15 is 0 Å². The fraction of sp³-hybridized carbons (Fsp3) is 0.0526. The third-order valence-corrected chi connectivity index (χ3v) is 4.02. The van der Waals surface area contributed by atoms with Crippen LogP contribution in [0.3, 0.4) is 0 Å². The molecule has 0 saturated heterocycles. The summed E-state index contributed by atoms with van der Waals surface area (Å²) in [5, 5.41) is 13.8. The highest BCUT2D eigenvalue weighted by atomic mass is 32.1. The van der Waals surface area contributed by atoms with Gasteiger partial charge in [0.15, 0.2) is 0 Å². The molecule has 3 aromatic rings. The standard InChI is InChI=1S/C19H14N4O2S/c1-13-9-16(25-19-14(10-20)3-2-8-21-19)5-6-17(13)23-18(24)7-4-15-11-26-12-22-15/h2-9,11-12H,1H3,(H,23,24)/b7-4+. The number of carbonyl (C=O) groups is 1. The van der Waals surface area contributed by atoms with Gasteiger partial charge >= 0.3 is 0 Å². The average molecular weight is 362 g/mol. The summed E-state index contributed by atoms with van der Waals surface area (Å²) < 4.78 is 5.67. The SMILES string of the molecule is Cc1cc(Oc2ncccc2C#N)ccc1NC(=O)/C=C/c1cscn1. The summed E-state index contributed by atoms with van der Waals surface area (Å²) in [6, 6.07) is 10.6. The number of carbonyl (C=O) groups excluding carboxylic acids is 1. The number of amides is 1. The molecule has 0 unspecified atom stereocenters. The van der Waals surface area contributed by atoms with E-state index in [-0.39, 0.29) is 11.8 Å². The van der Waals surface area contributed by atoms with E-state index in [0.717, 1.165) is 11.3 Å². The lowest BCUT2D eigenvalue weighted by Crippen LogP contribution is -2.09. The molecule has 0 fully saturated rings. The average Bonchev–Trinajstić information content (AvgIpc) is 3.16. The number of hydrogen-bond acceptors (Lipinski definition) is 6. The van der Waals surface area contributed by atoms with E-state index in [0.29, 0.717) is 17.0 Å². The van der Waals surface area contributed by atoms with Crippen LogP contribution in [0.5, 0.6) is 11.6 Å². The van der Waals surface area contributed by atoms with Crippen molar-refractivity contribution >= 4 is 29.0 Å². The zero-order valence-corrected chi connectivity index (χ0v) is 14.7. The Morgan fingerprint density at radius 2 is 2.23 bits per heavy atom. The molecule has 7 heteroatoms. The van der Waals surface area contributed by atoms with Crippen molar-refractivity contribution in [3.63, 3.8) is 0 Å². The van der Waals surface area contributed by atoms with Crippen LogP contribution < -0.4 is 10.1 Å². The highest BCUT2D eigenvalue weighted by Gasteiger charge is 2.08. The maximum Gasteiger partial charge on any atom is 0.248 e. The molecule has 0 atom stereocenters. The smallest absolute Gasteiger partial charge is 0.248 e. The number of nitriles is 1. The van der Waals surface area contributed by atoms with Crippen LogP contribution in [0.15, 0.2) is 53.5 Å². The number of anilines is 1. The molecule has 0 aliphatic rings. The number of pyridine rings is 1. The first-order valence-corrected chi connectivity index (χ1v) is 8.61. The third-order valence-electron chi connectivity index (χ3n) is 3.42. The molecule has 3 rings (SSSR count). The molecule has 1 amide bonds. The van der Waals surface area contributed by atoms with E-state index in [4.69, 9.17) is 10.00 Å². The van der Waals surface area contributed by atoms with Crippen LogP contribution in [0.2, 0.25) is 0 Å². The molecule has 1 aromatic carbocycles. The Hall–Kier alpha value is -3.50. The monoisotopic (exact) mass is 362 g/mol. The predicted molar refractivity (Wildman–Crippen MR) is 100.0 cm³/mol. The summed E-state index contributed by atoms with van der Waals surface area (Å²) >= 11 is 1.47. The van der Waals surface area contributed by atoms with Crippen LogP contribution in [-0.2, 0) is 4.79 Å². The van der Waals surface area contributed by atoms with Gasteiger partial charge in [0.05, 0.1) is 11.2 Å². The molecule has 0 saturated carbocycles. The zero-order chi connectivity index (χ0) is 18.4. The Morgan fingerprint density at radius 3 is 2.96 bits per heavy atom. The number of nitrogens with one attached hydrogen (secondary N) is 1. The molecular weight excluding hydrogens is 348 g/mol. The Morgan fingerprint density at radius 1 is 1.35 bits per heavy atom. The molecule has 0 radical (unpaired) electrons. The van der Waals surface area contributed by atoms with Crippen molar-refractivity contribution in [2.24, 2.45) is 0 Å². The molecule has 2 heterocycles. The number of nitrogens with zero attached hydrogens (tertiary/aromatic N) is 3. The molecule has 0 aliphatic heterocycles. The number of benzene rings is 1. The second-order valence-corrected chi connectivity index (χ2v) is 6.00. The van der Waals surface area contributed by atoms with E-state index in [1.54, 1.807) is 48.1 Å². The molecule has 128 valence electrons. The van der Waals surface area contributed by atoms with Gasteiger partial charge in [-0.2, -0.15) is 5.26 Å². The van der Waals surface area contributed by atoms with Gasteiger partial charge in [-0.15, -0.1) is 11.3 Å². The number of aryl methyl sites for hydroxylation is 1. The third kappa shape index (κ3) is 4.32. The minimum Gasteiger partial charge on any atom is -0.438 e. The van der Waals surface area contributed by atoms with Gasteiger partial charge < -0.3 is 10.1 Å². The second kappa shape index (κ2) is 8.05. The van der Waals surface area contributed by atoms with E-state index in [1.165, 1.54) is 17.4 Å². The van der Waals surface area contributed by atoms with Crippen molar-refractivity contribution in [1.82, 2.24) is 9.97 Å². The molecule has 2 aromatic heterocycles. The van der Waals surface area contributed by atoms with Crippen LogP contribution in [0.25, 0.3) is 6.08 Å². The van der Waals surface area contributed by atoms with Gasteiger partial charge in [-0.3, -0.25) is 4.79 Å². The van der Waals surface area contributed by atoms with Crippen LogP contribution in [0.1, 0.15) is 16.8 Å². The molecule has 6 nitrogen and oxygen atoms in total. The summed E-state index contributed by atoms with van der Waals surface area (Å²) in [5.74, 6) is 0.539. The Labute approximate surface area is 154 Å². The van der Waals surface area contributed by atoms with Crippen molar-refractivity contribution in [2.75, 3.05) is 5.32 Å². The molecule has 0 spiro atoms. The quantitative estimate of drug-likeness (QED) is 0.689. The maximum absolute atomic E-state index is 12.0. The lowest BCUT2D eigenvalue weighted by Gasteiger charge is -2.10. The van der Waals surface area contributed by atoms with Crippen LogP contribution in [0.4, 0.5) is 5.69 Å². The van der Waals surface area contributed by atoms with E-state index in [9.17, 15) is 4.79 Å². The fourth-order valence-electron chi connectivity index (χ4n) is 2.15. The van der Waals surface area contributed by atoms with Gasteiger partial charge in [0.2, 0.25) is 11.8 Å². The Kier molecular flexibility index (Phi) is 5.37. The van der Waals surface area contributed by atoms with Crippen LogP contribution in [0, 0.1) is 18.3 Å². The lowest BCUT2D eigenvalue weighted by atomic mass is 10.2. The number of hydrogen-bond donors (Lipinski definition) is 1. The predicted octanol–water partition coefficient (Wildman–Crippen LogP) is 4.16. The Balaban J connectivity index is 1.69. The number of rotatable bonds is 5. The number of aromatic nitrogens is 2. The first kappa shape index (κ1) is 17.3. The molecule has 1 N–H and O–H groups in total. The summed E-state index contributed by atoms with van der Waals surface area (Å²) in [4.78, 5) is 20.2. The van der Waals surface area contributed by atoms with Crippen molar-refractivity contribution in [2.45, 2.75) is 6.92 Å². The van der Waals surface area contributed by atoms with Crippen molar-refractivity contribution in [1.29, 1.82) is 5.26 Å². The summed E-state index contributed by atoms with van der Waals surface area (Å²) in [6.45, 7) is 1.86. The summed E-state index contributed by atoms with van der Waals surface area (Å²) in [7, 11) is 0. The zero-order valence-electron chi connectivity index (χ0n) is 13.8.